The summed E-state index contributed by atoms with van der Waals surface area (Å²) in [6.45, 7) is 4.59. The number of rotatable bonds is 3. The lowest BCUT2D eigenvalue weighted by atomic mass is 9.99. The molecule has 0 aliphatic carbocycles. The summed E-state index contributed by atoms with van der Waals surface area (Å²) < 4.78 is 5.27. The van der Waals surface area contributed by atoms with E-state index >= 15 is 0 Å². The molecule has 5 heteroatoms. The smallest absolute Gasteiger partial charge is 0.249 e. The summed E-state index contributed by atoms with van der Waals surface area (Å²) in [6, 6.07) is 0. The highest BCUT2D eigenvalue weighted by atomic mass is 16.5. The largest absolute Gasteiger partial charge is 0.368 e. The van der Waals surface area contributed by atoms with Crippen LogP contribution in [0.3, 0.4) is 0 Å². The predicted molar refractivity (Wildman–Crippen MR) is 67.0 cm³/mol. The lowest BCUT2D eigenvalue weighted by molar-refractivity contribution is -0.136. The zero-order chi connectivity index (χ0) is 13.0. The van der Waals surface area contributed by atoms with Crippen molar-refractivity contribution < 1.29 is 14.3 Å². The fourth-order valence-electron chi connectivity index (χ4n) is 2.43. The minimum Gasteiger partial charge on any atom is -0.368 e. The number of nitrogens with zero attached hydrogens (tertiary/aromatic N) is 1. The van der Waals surface area contributed by atoms with Gasteiger partial charge in [-0.25, -0.2) is 0 Å². The second kappa shape index (κ2) is 6.18. The molecule has 1 N–H and O–H groups in total. The minimum atomic E-state index is -0.348. The molecule has 18 heavy (non-hydrogen) atoms. The van der Waals surface area contributed by atoms with Crippen molar-refractivity contribution >= 4 is 11.8 Å². The van der Waals surface area contributed by atoms with Crippen molar-refractivity contribution in [3.8, 4) is 0 Å². The summed E-state index contributed by atoms with van der Waals surface area (Å²) in [5.74, 6) is 0.579. The van der Waals surface area contributed by atoms with E-state index in [2.05, 4.69) is 12.2 Å². The van der Waals surface area contributed by atoms with Crippen molar-refractivity contribution in [2.24, 2.45) is 5.92 Å². The molecule has 0 aromatic rings. The van der Waals surface area contributed by atoms with E-state index in [0.717, 1.165) is 38.8 Å². The van der Waals surface area contributed by atoms with Gasteiger partial charge in [0.2, 0.25) is 11.8 Å². The van der Waals surface area contributed by atoms with Gasteiger partial charge in [0.15, 0.2) is 0 Å². The van der Waals surface area contributed by atoms with E-state index in [-0.39, 0.29) is 24.5 Å². The average Bonchev–Trinajstić information content (AvgIpc) is 2.90. The molecule has 0 spiro atoms. The van der Waals surface area contributed by atoms with Crippen molar-refractivity contribution in [1.29, 1.82) is 0 Å². The molecule has 1 unspecified atom stereocenters. The van der Waals surface area contributed by atoms with Gasteiger partial charge >= 0.3 is 0 Å². The number of ether oxygens (including phenoxy) is 1. The Hall–Kier alpha value is -1.10. The number of amides is 2. The van der Waals surface area contributed by atoms with Crippen LogP contribution in [0.1, 0.15) is 32.6 Å². The molecule has 2 saturated heterocycles. The van der Waals surface area contributed by atoms with Crippen LogP contribution in [0.5, 0.6) is 0 Å². The highest BCUT2D eigenvalue weighted by Gasteiger charge is 2.25. The van der Waals surface area contributed by atoms with E-state index in [9.17, 15) is 9.59 Å². The van der Waals surface area contributed by atoms with Crippen LogP contribution in [0.25, 0.3) is 0 Å². The van der Waals surface area contributed by atoms with Crippen LogP contribution in [0.2, 0.25) is 0 Å². The maximum absolute atomic E-state index is 11.9. The van der Waals surface area contributed by atoms with Gasteiger partial charge in [-0.15, -0.1) is 0 Å². The third-order valence-corrected chi connectivity index (χ3v) is 3.77. The van der Waals surface area contributed by atoms with Crippen molar-refractivity contribution in [2.75, 3.05) is 26.2 Å². The second-order valence-electron chi connectivity index (χ2n) is 5.28. The number of hydrogen-bond donors (Lipinski definition) is 1. The number of hydrogen-bond acceptors (Lipinski definition) is 3. The molecule has 2 aliphatic rings. The summed E-state index contributed by atoms with van der Waals surface area (Å²) in [5, 5.41) is 2.68. The zero-order valence-corrected chi connectivity index (χ0v) is 11.0. The first-order valence-corrected chi connectivity index (χ1v) is 6.84. The fraction of sp³-hybridized carbons (Fsp3) is 0.846. The summed E-state index contributed by atoms with van der Waals surface area (Å²) >= 11 is 0. The van der Waals surface area contributed by atoms with Gasteiger partial charge in [-0.3, -0.25) is 9.59 Å². The number of nitrogens with one attached hydrogen (secondary N) is 1. The van der Waals surface area contributed by atoms with Crippen LogP contribution in [-0.4, -0.2) is 49.1 Å². The summed E-state index contributed by atoms with van der Waals surface area (Å²) in [4.78, 5) is 25.4. The van der Waals surface area contributed by atoms with Crippen molar-refractivity contribution in [3.05, 3.63) is 0 Å². The molecule has 1 atom stereocenters. The molecule has 2 rings (SSSR count). The first-order valence-electron chi connectivity index (χ1n) is 6.84. The van der Waals surface area contributed by atoms with Crippen LogP contribution in [-0.2, 0) is 14.3 Å². The van der Waals surface area contributed by atoms with Gasteiger partial charge in [0.25, 0.3) is 0 Å². The van der Waals surface area contributed by atoms with Gasteiger partial charge < -0.3 is 15.0 Å². The van der Waals surface area contributed by atoms with Crippen molar-refractivity contribution in [1.82, 2.24) is 10.2 Å². The SMILES string of the molecule is CC1CCN(C(=O)CNC(=O)C2CCCO2)CC1. The van der Waals surface area contributed by atoms with Gasteiger partial charge in [0, 0.05) is 19.7 Å². The fourth-order valence-corrected chi connectivity index (χ4v) is 2.43. The summed E-state index contributed by atoms with van der Waals surface area (Å²) in [7, 11) is 0. The van der Waals surface area contributed by atoms with E-state index in [1.165, 1.54) is 0 Å². The number of carbonyl (C=O) groups is 2. The van der Waals surface area contributed by atoms with Gasteiger partial charge in [-0.1, -0.05) is 6.92 Å². The van der Waals surface area contributed by atoms with Gasteiger partial charge in [-0.05, 0) is 31.6 Å². The molecule has 5 nitrogen and oxygen atoms in total. The third-order valence-electron chi connectivity index (χ3n) is 3.77. The van der Waals surface area contributed by atoms with Gasteiger partial charge in [-0.2, -0.15) is 0 Å². The maximum Gasteiger partial charge on any atom is 0.249 e. The van der Waals surface area contributed by atoms with Crippen LogP contribution in [0.4, 0.5) is 0 Å². The Balaban J connectivity index is 1.69. The maximum atomic E-state index is 11.9. The molecule has 0 saturated carbocycles. The molecule has 2 amide bonds. The van der Waals surface area contributed by atoms with Crippen LogP contribution in [0, 0.1) is 5.92 Å². The quantitative estimate of drug-likeness (QED) is 0.799. The van der Waals surface area contributed by atoms with Gasteiger partial charge in [0.1, 0.15) is 6.10 Å². The Morgan fingerprint density at radius 1 is 1.28 bits per heavy atom. The first-order chi connectivity index (χ1) is 8.66. The highest BCUT2D eigenvalue weighted by Crippen LogP contribution is 2.16. The molecular formula is C13H22N2O3. The Kier molecular flexibility index (Phi) is 4.58. The van der Waals surface area contributed by atoms with Crippen molar-refractivity contribution in [3.63, 3.8) is 0 Å². The highest BCUT2D eigenvalue weighted by molar-refractivity contribution is 5.87. The Morgan fingerprint density at radius 3 is 2.61 bits per heavy atom. The minimum absolute atomic E-state index is 0.0215. The number of likely N-dealkylation sites (tertiary alicyclic amines) is 1. The van der Waals surface area contributed by atoms with E-state index < -0.39 is 0 Å². The Morgan fingerprint density at radius 2 is 2.00 bits per heavy atom. The predicted octanol–water partition coefficient (Wildman–Crippen LogP) is 0.540. The van der Waals surface area contributed by atoms with E-state index in [0.29, 0.717) is 12.5 Å². The Bertz CT molecular complexity index is 305. The number of piperidine rings is 1. The molecule has 2 fully saturated rings. The normalized spacial score (nSPS) is 25.2. The second-order valence-corrected chi connectivity index (χ2v) is 5.28. The molecule has 2 aliphatic heterocycles. The monoisotopic (exact) mass is 254 g/mol. The first kappa shape index (κ1) is 13.3. The molecule has 0 radical (unpaired) electrons. The van der Waals surface area contributed by atoms with Crippen molar-refractivity contribution in [2.45, 2.75) is 38.7 Å². The molecule has 102 valence electrons. The van der Waals surface area contributed by atoms with E-state index in [1.54, 1.807) is 0 Å². The van der Waals surface area contributed by atoms with Gasteiger partial charge in [0.05, 0.1) is 6.54 Å². The van der Waals surface area contributed by atoms with Crippen LogP contribution < -0.4 is 5.32 Å². The molecule has 0 aromatic heterocycles. The number of carbonyl (C=O) groups excluding carboxylic acids is 2. The average molecular weight is 254 g/mol. The molecule has 2 heterocycles. The van der Waals surface area contributed by atoms with E-state index in [1.807, 2.05) is 4.90 Å². The van der Waals surface area contributed by atoms with Crippen LogP contribution in [0.15, 0.2) is 0 Å². The van der Waals surface area contributed by atoms with E-state index in [4.69, 9.17) is 4.74 Å². The summed E-state index contributed by atoms with van der Waals surface area (Å²) in [6.07, 6.45) is 3.47. The zero-order valence-electron chi connectivity index (χ0n) is 11.0. The van der Waals surface area contributed by atoms with Crippen LogP contribution >= 0.6 is 0 Å². The Labute approximate surface area is 108 Å². The lowest BCUT2D eigenvalue weighted by Crippen LogP contribution is -2.45. The standard InChI is InChI=1S/C13H22N2O3/c1-10-4-6-15(7-5-10)12(16)9-14-13(17)11-3-2-8-18-11/h10-11H,2-9H2,1H3,(H,14,17). The summed E-state index contributed by atoms with van der Waals surface area (Å²) in [5.41, 5.74) is 0. The topological polar surface area (TPSA) is 58.6 Å². The lowest BCUT2D eigenvalue weighted by Gasteiger charge is -2.30. The third kappa shape index (κ3) is 3.45. The molecular weight excluding hydrogens is 232 g/mol. The molecule has 0 bridgehead atoms. The molecule has 0 aromatic carbocycles.